The van der Waals surface area contributed by atoms with E-state index in [0.29, 0.717) is 50.7 Å². The molecule has 1 saturated heterocycles. The summed E-state index contributed by atoms with van der Waals surface area (Å²) >= 11 is 1.73. The molecule has 0 spiro atoms. The summed E-state index contributed by atoms with van der Waals surface area (Å²) in [7, 11) is 1.64. The van der Waals surface area contributed by atoms with Crippen LogP contribution in [0.25, 0.3) is 10.4 Å². The number of nitrogens with zero attached hydrogens (tertiary/aromatic N) is 2. The van der Waals surface area contributed by atoms with Crippen molar-refractivity contribution in [2.45, 2.75) is 19.9 Å². The molecule has 5 rings (SSSR count). The van der Waals surface area contributed by atoms with Crippen molar-refractivity contribution in [3.8, 4) is 21.9 Å². The topological polar surface area (TPSA) is 71.1 Å². The van der Waals surface area contributed by atoms with E-state index in [1.165, 1.54) is 4.88 Å². The minimum atomic E-state index is -0.0837. The number of rotatable bonds is 5. The van der Waals surface area contributed by atoms with Crippen LogP contribution in [0.1, 0.15) is 16.0 Å². The van der Waals surface area contributed by atoms with E-state index in [1.807, 2.05) is 35.2 Å². The van der Waals surface area contributed by atoms with Gasteiger partial charge in [0, 0.05) is 40.6 Å². The number of ether oxygens (including phenoxy) is 2. The van der Waals surface area contributed by atoms with E-state index in [9.17, 15) is 9.59 Å². The maximum Gasteiger partial charge on any atom is 0.321 e. The summed E-state index contributed by atoms with van der Waals surface area (Å²) in [6, 6.07) is 15.9. The number of anilines is 1. The average Bonchev–Trinajstić information content (AvgIpc) is 3.40. The Bertz CT molecular complexity index is 1220. The first kappa shape index (κ1) is 22.3. The van der Waals surface area contributed by atoms with Gasteiger partial charge >= 0.3 is 6.03 Å². The highest BCUT2D eigenvalue weighted by Gasteiger charge is 2.24. The molecule has 7 nitrogen and oxygen atoms in total. The maximum atomic E-state index is 13.2. The van der Waals surface area contributed by atoms with E-state index in [4.69, 9.17) is 9.47 Å². The van der Waals surface area contributed by atoms with Crippen LogP contribution in [-0.2, 0) is 17.8 Å². The van der Waals surface area contributed by atoms with Gasteiger partial charge in [0.05, 0.1) is 20.1 Å². The van der Waals surface area contributed by atoms with Crippen LogP contribution >= 0.6 is 11.3 Å². The number of carbonyl (C=O) groups excluding carboxylic acids is 2. The molecular formula is C26H27N3O4S. The summed E-state index contributed by atoms with van der Waals surface area (Å²) in [5.41, 5.74) is 3.76. The van der Waals surface area contributed by atoms with Gasteiger partial charge in [0.25, 0.3) is 0 Å². The molecule has 0 atom stereocenters. The van der Waals surface area contributed by atoms with E-state index in [2.05, 4.69) is 30.4 Å². The average molecular weight is 478 g/mol. The molecule has 0 radical (unpaired) electrons. The molecule has 34 heavy (non-hydrogen) atoms. The minimum Gasteiger partial charge on any atom is -0.493 e. The molecular weight excluding hydrogens is 450 g/mol. The fourth-order valence-electron chi connectivity index (χ4n) is 4.38. The Labute approximate surface area is 202 Å². The van der Waals surface area contributed by atoms with Gasteiger partial charge in [0.15, 0.2) is 11.5 Å². The minimum absolute atomic E-state index is 0.0412. The van der Waals surface area contributed by atoms with E-state index < -0.39 is 0 Å². The van der Waals surface area contributed by atoms with Gasteiger partial charge in [-0.2, -0.15) is 0 Å². The molecule has 2 aromatic carbocycles. The van der Waals surface area contributed by atoms with Crippen molar-refractivity contribution in [1.29, 1.82) is 0 Å². The SMILES string of the molecule is COc1cc(-c2ccc(C)s2)cc2c1OCCN(C(=O)Cc1ccc(N3CCNC3=O)cc1)C2. The van der Waals surface area contributed by atoms with E-state index >= 15 is 0 Å². The van der Waals surface area contributed by atoms with E-state index in [-0.39, 0.29) is 11.9 Å². The summed E-state index contributed by atoms with van der Waals surface area (Å²) in [6.07, 6.45) is 0.294. The maximum absolute atomic E-state index is 13.2. The van der Waals surface area contributed by atoms with Gasteiger partial charge < -0.3 is 19.7 Å². The van der Waals surface area contributed by atoms with Crippen LogP contribution in [0.2, 0.25) is 0 Å². The van der Waals surface area contributed by atoms with Gasteiger partial charge in [-0.1, -0.05) is 12.1 Å². The van der Waals surface area contributed by atoms with Crippen LogP contribution in [0.15, 0.2) is 48.5 Å². The van der Waals surface area contributed by atoms with Crippen molar-refractivity contribution in [1.82, 2.24) is 10.2 Å². The van der Waals surface area contributed by atoms with Crippen molar-refractivity contribution in [3.05, 3.63) is 64.5 Å². The van der Waals surface area contributed by atoms with Gasteiger partial charge in [-0.3, -0.25) is 9.69 Å². The Balaban J connectivity index is 1.34. The quantitative estimate of drug-likeness (QED) is 0.597. The van der Waals surface area contributed by atoms with Crippen LogP contribution in [0.5, 0.6) is 11.5 Å². The third kappa shape index (κ3) is 4.46. The summed E-state index contributed by atoms with van der Waals surface area (Å²) < 4.78 is 11.7. The highest BCUT2D eigenvalue weighted by Crippen LogP contribution is 2.40. The van der Waals surface area contributed by atoms with Crippen LogP contribution < -0.4 is 19.7 Å². The van der Waals surface area contributed by atoms with Crippen molar-refractivity contribution in [3.63, 3.8) is 0 Å². The molecule has 2 aliphatic rings. The zero-order chi connectivity index (χ0) is 23.7. The largest absolute Gasteiger partial charge is 0.493 e. The third-order valence-electron chi connectivity index (χ3n) is 6.16. The number of fused-ring (bicyclic) bond motifs is 1. The predicted octanol–water partition coefficient (Wildman–Crippen LogP) is 4.23. The molecule has 8 heteroatoms. The van der Waals surface area contributed by atoms with E-state index in [1.54, 1.807) is 23.3 Å². The highest BCUT2D eigenvalue weighted by atomic mass is 32.1. The second-order valence-electron chi connectivity index (χ2n) is 8.47. The number of nitrogens with one attached hydrogen (secondary N) is 1. The van der Waals surface area contributed by atoms with Crippen molar-refractivity contribution >= 4 is 29.0 Å². The van der Waals surface area contributed by atoms with Gasteiger partial charge in [-0.15, -0.1) is 11.3 Å². The van der Waals surface area contributed by atoms with Crippen LogP contribution in [0, 0.1) is 6.92 Å². The number of hydrogen-bond donors (Lipinski definition) is 1. The first-order valence-corrected chi connectivity index (χ1v) is 12.2. The van der Waals surface area contributed by atoms with Crippen LogP contribution in [0.4, 0.5) is 10.5 Å². The van der Waals surface area contributed by atoms with Crippen LogP contribution in [0.3, 0.4) is 0 Å². The fraction of sp³-hybridized carbons (Fsp3) is 0.308. The first-order valence-electron chi connectivity index (χ1n) is 11.3. The summed E-state index contributed by atoms with van der Waals surface area (Å²) in [4.78, 5) is 31.0. The molecule has 2 aliphatic heterocycles. The summed E-state index contributed by atoms with van der Waals surface area (Å²) in [6.45, 7) is 4.78. The van der Waals surface area contributed by atoms with E-state index in [0.717, 1.165) is 27.3 Å². The highest BCUT2D eigenvalue weighted by molar-refractivity contribution is 7.15. The molecule has 0 bridgehead atoms. The molecule has 176 valence electrons. The lowest BCUT2D eigenvalue weighted by Gasteiger charge is -2.21. The molecule has 3 heterocycles. The second kappa shape index (κ2) is 9.38. The number of benzene rings is 2. The number of aryl methyl sites for hydroxylation is 1. The number of methoxy groups -OCH3 is 1. The number of hydrogen-bond acceptors (Lipinski definition) is 5. The Hall–Kier alpha value is -3.52. The van der Waals surface area contributed by atoms with Gasteiger partial charge in [0.2, 0.25) is 5.91 Å². The number of amides is 3. The third-order valence-corrected chi connectivity index (χ3v) is 7.21. The van der Waals surface area contributed by atoms with Gasteiger partial charge in [-0.05, 0) is 54.4 Å². The van der Waals surface area contributed by atoms with Crippen molar-refractivity contribution < 1.29 is 19.1 Å². The zero-order valence-corrected chi connectivity index (χ0v) is 20.1. The Kier molecular flexibility index (Phi) is 6.15. The molecule has 1 aromatic heterocycles. The Morgan fingerprint density at radius 1 is 1.15 bits per heavy atom. The molecule has 0 aliphatic carbocycles. The summed E-state index contributed by atoms with van der Waals surface area (Å²) in [5, 5.41) is 2.80. The smallest absolute Gasteiger partial charge is 0.321 e. The van der Waals surface area contributed by atoms with Crippen molar-refractivity contribution in [2.24, 2.45) is 0 Å². The zero-order valence-electron chi connectivity index (χ0n) is 19.3. The normalized spacial score (nSPS) is 15.4. The Morgan fingerprint density at radius 2 is 1.97 bits per heavy atom. The molecule has 0 unspecified atom stereocenters. The lowest BCUT2D eigenvalue weighted by Crippen LogP contribution is -2.33. The second-order valence-corrected chi connectivity index (χ2v) is 9.76. The summed E-state index contributed by atoms with van der Waals surface area (Å²) in [5.74, 6) is 1.44. The molecule has 3 amide bonds. The monoisotopic (exact) mass is 477 g/mol. The standard InChI is InChI=1S/C26H27N3O4S/c1-17-3-8-23(34-17)19-14-20-16-28(11-12-33-25(20)22(15-19)32-2)24(30)13-18-4-6-21(7-5-18)29-10-9-27-26(29)31/h3-8,14-15H,9-13,16H2,1-2H3,(H,27,31). The first-order chi connectivity index (χ1) is 16.5. The number of urea groups is 1. The van der Waals surface area contributed by atoms with Crippen molar-refractivity contribution in [2.75, 3.05) is 38.3 Å². The number of carbonyl (C=O) groups is 2. The lowest BCUT2D eigenvalue weighted by atomic mass is 10.1. The van der Waals surface area contributed by atoms with Crippen LogP contribution in [-0.4, -0.2) is 50.2 Å². The molecule has 3 aromatic rings. The Morgan fingerprint density at radius 3 is 2.65 bits per heavy atom. The molecule has 1 fully saturated rings. The lowest BCUT2D eigenvalue weighted by molar-refractivity contribution is -0.131. The van der Waals surface area contributed by atoms with Gasteiger partial charge in [-0.25, -0.2) is 4.79 Å². The fourth-order valence-corrected chi connectivity index (χ4v) is 5.23. The number of thiophene rings is 1. The predicted molar refractivity (Wildman–Crippen MR) is 133 cm³/mol. The molecule has 1 N–H and O–H groups in total. The van der Waals surface area contributed by atoms with Gasteiger partial charge in [0.1, 0.15) is 6.61 Å². The molecule has 0 saturated carbocycles.